The number of amides is 1. The van der Waals surface area contributed by atoms with E-state index in [-0.39, 0.29) is 22.9 Å². The van der Waals surface area contributed by atoms with Gasteiger partial charge in [-0.2, -0.15) is 4.31 Å². The molecule has 0 radical (unpaired) electrons. The SMILES string of the molecule is CCN[C@H](C)CNC(=O)c1cccc(S(=O)(=O)N(C)C2CCCCC2)c1. The monoisotopic (exact) mass is 381 g/mol. The average molecular weight is 382 g/mol. The van der Waals surface area contributed by atoms with Gasteiger partial charge in [0.2, 0.25) is 10.0 Å². The molecular formula is C19H31N3O3S. The minimum Gasteiger partial charge on any atom is -0.350 e. The zero-order valence-corrected chi connectivity index (χ0v) is 16.8. The number of nitrogens with one attached hydrogen (secondary N) is 2. The van der Waals surface area contributed by atoms with Crippen LogP contribution in [0.2, 0.25) is 0 Å². The predicted octanol–water partition coefficient (Wildman–Crippen LogP) is 2.37. The van der Waals surface area contributed by atoms with E-state index >= 15 is 0 Å². The Morgan fingerprint density at radius 3 is 2.62 bits per heavy atom. The number of rotatable bonds is 8. The molecule has 26 heavy (non-hydrogen) atoms. The molecule has 2 N–H and O–H groups in total. The summed E-state index contributed by atoms with van der Waals surface area (Å²) in [6.45, 7) is 5.32. The third-order valence-corrected chi connectivity index (χ3v) is 6.89. The maximum atomic E-state index is 12.9. The van der Waals surface area contributed by atoms with Crippen LogP contribution in [-0.2, 0) is 10.0 Å². The minimum absolute atomic E-state index is 0.0483. The van der Waals surface area contributed by atoms with Gasteiger partial charge < -0.3 is 10.6 Å². The highest BCUT2D eigenvalue weighted by Crippen LogP contribution is 2.26. The van der Waals surface area contributed by atoms with Crippen LogP contribution in [-0.4, -0.2) is 50.9 Å². The van der Waals surface area contributed by atoms with Crippen LogP contribution in [0.5, 0.6) is 0 Å². The Morgan fingerprint density at radius 2 is 1.96 bits per heavy atom. The van der Waals surface area contributed by atoms with E-state index in [1.54, 1.807) is 25.2 Å². The normalized spacial score (nSPS) is 17.2. The van der Waals surface area contributed by atoms with Crippen molar-refractivity contribution >= 4 is 15.9 Å². The molecule has 1 aromatic rings. The molecule has 1 saturated carbocycles. The van der Waals surface area contributed by atoms with E-state index in [1.165, 1.54) is 16.8 Å². The molecule has 1 fully saturated rings. The summed E-state index contributed by atoms with van der Waals surface area (Å²) in [6, 6.07) is 6.52. The second-order valence-corrected chi connectivity index (χ2v) is 9.01. The molecule has 0 bridgehead atoms. The molecule has 1 aliphatic carbocycles. The van der Waals surface area contributed by atoms with E-state index in [0.717, 1.165) is 32.2 Å². The lowest BCUT2D eigenvalue weighted by Crippen LogP contribution is -2.39. The van der Waals surface area contributed by atoms with Gasteiger partial charge in [-0.1, -0.05) is 32.3 Å². The van der Waals surface area contributed by atoms with E-state index in [0.29, 0.717) is 12.1 Å². The molecule has 1 amide bonds. The summed E-state index contributed by atoms with van der Waals surface area (Å²) >= 11 is 0. The molecule has 1 atom stereocenters. The van der Waals surface area contributed by atoms with Gasteiger partial charge in [-0.3, -0.25) is 4.79 Å². The summed E-state index contributed by atoms with van der Waals surface area (Å²) in [4.78, 5) is 12.5. The lowest BCUT2D eigenvalue weighted by Gasteiger charge is -2.30. The van der Waals surface area contributed by atoms with E-state index in [1.807, 2.05) is 13.8 Å². The van der Waals surface area contributed by atoms with Crippen LogP contribution in [0.4, 0.5) is 0 Å². The van der Waals surface area contributed by atoms with Crippen molar-refractivity contribution in [1.29, 1.82) is 0 Å². The summed E-state index contributed by atoms with van der Waals surface area (Å²) < 4.78 is 27.4. The summed E-state index contributed by atoms with van der Waals surface area (Å²) in [5.41, 5.74) is 0.367. The standard InChI is InChI=1S/C19H31N3O3S/c1-4-20-15(2)14-21-19(23)16-9-8-12-18(13-16)26(24,25)22(3)17-10-6-5-7-11-17/h8-9,12-13,15,17,20H,4-7,10-11,14H2,1-3H3,(H,21,23)/t15-/m1/s1. The topological polar surface area (TPSA) is 78.5 Å². The van der Waals surface area contributed by atoms with Crippen molar-refractivity contribution in [3.8, 4) is 0 Å². The van der Waals surface area contributed by atoms with Crippen molar-refractivity contribution in [2.45, 2.75) is 62.9 Å². The molecule has 0 spiro atoms. The largest absolute Gasteiger partial charge is 0.350 e. The lowest BCUT2D eigenvalue weighted by molar-refractivity contribution is 0.0950. The number of sulfonamides is 1. The smallest absolute Gasteiger partial charge is 0.251 e. The van der Waals surface area contributed by atoms with Crippen molar-refractivity contribution in [2.75, 3.05) is 20.1 Å². The van der Waals surface area contributed by atoms with E-state index in [9.17, 15) is 13.2 Å². The Kier molecular flexibility index (Phi) is 7.61. The van der Waals surface area contributed by atoms with Crippen LogP contribution in [0.25, 0.3) is 0 Å². The third-order valence-electron chi connectivity index (χ3n) is 4.98. The highest BCUT2D eigenvalue weighted by molar-refractivity contribution is 7.89. The van der Waals surface area contributed by atoms with Crippen molar-refractivity contribution < 1.29 is 13.2 Å². The average Bonchev–Trinajstić information content (AvgIpc) is 2.66. The van der Waals surface area contributed by atoms with Crippen LogP contribution in [0.3, 0.4) is 0 Å². The van der Waals surface area contributed by atoms with Gasteiger partial charge in [-0.25, -0.2) is 8.42 Å². The Morgan fingerprint density at radius 1 is 1.27 bits per heavy atom. The van der Waals surface area contributed by atoms with Gasteiger partial charge in [-0.15, -0.1) is 0 Å². The molecule has 146 valence electrons. The van der Waals surface area contributed by atoms with Crippen molar-refractivity contribution in [2.24, 2.45) is 0 Å². The fourth-order valence-electron chi connectivity index (χ4n) is 3.37. The molecule has 0 saturated heterocycles. The second kappa shape index (κ2) is 9.48. The fraction of sp³-hybridized carbons (Fsp3) is 0.632. The van der Waals surface area contributed by atoms with Crippen LogP contribution in [0.1, 0.15) is 56.3 Å². The summed E-state index contributed by atoms with van der Waals surface area (Å²) in [6.07, 6.45) is 5.11. The van der Waals surface area contributed by atoms with Crippen molar-refractivity contribution in [3.63, 3.8) is 0 Å². The quantitative estimate of drug-likeness (QED) is 0.725. The lowest BCUT2D eigenvalue weighted by atomic mass is 9.96. The van der Waals surface area contributed by atoms with Gasteiger partial charge in [0.15, 0.2) is 0 Å². The van der Waals surface area contributed by atoms with Crippen LogP contribution in [0.15, 0.2) is 29.2 Å². The first-order valence-corrected chi connectivity index (χ1v) is 10.9. The molecule has 6 nitrogen and oxygen atoms in total. The minimum atomic E-state index is -3.59. The Hall–Kier alpha value is -1.44. The Balaban J connectivity index is 2.10. The van der Waals surface area contributed by atoms with Crippen LogP contribution >= 0.6 is 0 Å². The zero-order chi connectivity index (χ0) is 19.2. The number of nitrogens with zero attached hydrogens (tertiary/aromatic N) is 1. The van der Waals surface area contributed by atoms with Gasteiger partial charge in [0.05, 0.1) is 4.90 Å². The second-order valence-electron chi connectivity index (χ2n) is 7.01. The first-order chi connectivity index (χ1) is 12.4. The Bertz CT molecular complexity index is 700. The zero-order valence-electron chi connectivity index (χ0n) is 16.0. The van der Waals surface area contributed by atoms with E-state index in [4.69, 9.17) is 0 Å². The van der Waals surface area contributed by atoms with Gasteiger partial charge in [0.1, 0.15) is 0 Å². The molecule has 0 heterocycles. The molecule has 0 unspecified atom stereocenters. The first kappa shape index (κ1) is 20.9. The number of hydrogen-bond donors (Lipinski definition) is 2. The molecule has 0 aliphatic heterocycles. The Labute approximate surface area is 157 Å². The summed E-state index contributed by atoms with van der Waals surface area (Å²) in [7, 11) is -1.94. The maximum absolute atomic E-state index is 12.9. The number of benzene rings is 1. The van der Waals surface area contributed by atoms with Crippen molar-refractivity contribution in [3.05, 3.63) is 29.8 Å². The number of hydrogen-bond acceptors (Lipinski definition) is 4. The number of carbonyl (C=O) groups excluding carboxylic acids is 1. The predicted molar refractivity (Wildman–Crippen MR) is 104 cm³/mol. The first-order valence-electron chi connectivity index (χ1n) is 9.46. The molecule has 2 rings (SSSR count). The van der Waals surface area contributed by atoms with Gasteiger partial charge in [-0.05, 0) is 44.5 Å². The fourth-order valence-corrected chi connectivity index (χ4v) is 4.84. The highest BCUT2D eigenvalue weighted by atomic mass is 32.2. The van der Waals surface area contributed by atoms with Gasteiger partial charge >= 0.3 is 0 Å². The molecule has 7 heteroatoms. The molecule has 1 aliphatic rings. The van der Waals surface area contributed by atoms with E-state index < -0.39 is 10.0 Å². The van der Waals surface area contributed by atoms with Crippen molar-refractivity contribution in [1.82, 2.24) is 14.9 Å². The van der Waals surface area contributed by atoms with Gasteiger partial charge in [0.25, 0.3) is 5.91 Å². The maximum Gasteiger partial charge on any atom is 0.251 e. The van der Waals surface area contributed by atoms with Crippen LogP contribution < -0.4 is 10.6 Å². The summed E-state index contributed by atoms with van der Waals surface area (Å²) in [5.74, 6) is -0.257. The van der Waals surface area contributed by atoms with Gasteiger partial charge in [0, 0.05) is 31.2 Å². The molecule has 0 aromatic heterocycles. The summed E-state index contributed by atoms with van der Waals surface area (Å²) in [5, 5.41) is 6.07. The third kappa shape index (κ3) is 5.28. The number of carbonyl (C=O) groups is 1. The highest BCUT2D eigenvalue weighted by Gasteiger charge is 2.29. The van der Waals surface area contributed by atoms with Crippen LogP contribution in [0, 0.1) is 0 Å². The molecular weight excluding hydrogens is 350 g/mol. The molecule has 1 aromatic carbocycles. The van der Waals surface area contributed by atoms with E-state index in [2.05, 4.69) is 10.6 Å². The number of likely N-dealkylation sites (N-methyl/N-ethyl adjacent to an activating group) is 1.